The minimum Gasteiger partial charge on any atom is -0.465 e. The minimum atomic E-state index is -0.660. The number of fused-ring (bicyclic) bond motifs is 2. The first-order chi connectivity index (χ1) is 10.9. The van der Waals surface area contributed by atoms with Gasteiger partial charge in [0.05, 0.1) is 17.9 Å². The fourth-order valence-corrected chi connectivity index (χ4v) is 2.33. The maximum Gasteiger partial charge on any atom is 0.341 e. The number of rotatable bonds is 2. The SMILES string of the molecule is C=C(C)c1ccc2oc3nc(N)c(C(=O)OC)cc3c(=O)c2c1. The summed E-state index contributed by atoms with van der Waals surface area (Å²) >= 11 is 0. The van der Waals surface area contributed by atoms with Crippen LogP contribution in [0, 0.1) is 0 Å². The summed E-state index contributed by atoms with van der Waals surface area (Å²) < 4.78 is 10.3. The lowest BCUT2D eigenvalue weighted by Crippen LogP contribution is -2.11. The molecule has 0 bridgehead atoms. The third-order valence-corrected chi connectivity index (χ3v) is 3.59. The Kier molecular flexibility index (Phi) is 3.37. The Bertz CT molecular complexity index is 1030. The van der Waals surface area contributed by atoms with Crippen LogP contribution in [-0.4, -0.2) is 18.1 Å². The van der Waals surface area contributed by atoms with E-state index in [2.05, 4.69) is 16.3 Å². The fraction of sp³-hybridized carbons (Fsp3) is 0.118. The van der Waals surface area contributed by atoms with Crippen molar-refractivity contribution in [3.63, 3.8) is 0 Å². The summed E-state index contributed by atoms with van der Waals surface area (Å²) in [5.41, 5.74) is 7.61. The zero-order chi connectivity index (χ0) is 16.7. The number of nitrogens with two attached hydrogens (primary N) is 1. The zero-order valence-corrected chi connectivity index (χ0v) is 12.7. The second kappa shape index (κ2) is 5.24. The number of carbonyl (C=O) groups excluding carboxylic acids is 1. The second-order valence-electron chi connectivity index (χ2n) is 5.19. The molecule has 0 aliphatic heterocycles. The van der Waals surface area contributed by atoms with Crippen LogP contribution in [-0.2, 0) is 4.74 Å². The Balaban J connectivity index is 2.40. The molecule has 0 amide bonds. The highest BCUT2D eigenvalue weighted by molar-refractivity contribution is 5.99. The molecule has 0 aliphatic carbocycles. The number of hydrogen-bond acceptors (Lipinski definition) is 6. The van der Waals surface area contributed by atoms with Crippen LogP contribution in [0.4, 0.5) is 5.82 Å². The summed E-state index contributed by atoms with van der Waals surface area (Å²) in [6, 6.07) is 6.55. The number of nitrogens with zero attached hydrogens (tertiary/aromatic N) is 1. The number of ether oxygens (including phenoxy) is 1. The van der Waals surface area contributed by atoms with Crippen LogP contribution < -0.4 is 11.2 Å². The summed E-state index contributed by atoms with van der Waals surface area (Å²) in [7, 11) is 1.23. The molecule has 0 fully saturated rings. The number of anilines is 1. The Morgan fingerprint density at radius 1 is 1.30 bits per heavy atom. The van der Waals surface area contributed by atoms with E-state index in [1.54, 1.807) is 12.1 Å². The van der Waals surface area contributed by atoms with Crippen molar-refractivity contribution in [3.8, 4) is 0 Å². The highest BCUT2D eigenvalue weighted by Gasteiger charge is 2.17. The first-order valence-corrected chi connectivity index (χ1v) is 6.83. The van der Waals surface area contributed by atoms with Crippen LogP contribution in [0.25, 0.3) is 27.6 Å². The lowest BCUT2D eigenvalue weighted by atomic mass is 10.1. The molecule has 0 spiro atoms. The monoisotopic (exact) mass is 310 g/mol. The first kappa shape index (κ1) is 14.8. The van der Waals surface area contributed by atoms with E-state index < -0.39 is 5.97 Å². The van der Waals surface area contributed by atoms with E-state index in [4.69, 9.17) is 10.2 Å². The first-order valence-electron chi connectivity index (χ1n) is 6.83. The molecule has 2 aromatic heterocycles. The molecular formula is C17H14N2O4. The number of carbonyl (C=O) groups is 1. The van der Waals surface area contributed by atoms with E-state index in [0.717, 1.165) is 11.1 Å². The normalized spacial score (nSPS) is 10.9. The van der Waals surface area contributed by atoms with Gasteiger partial charge in [-0.2, -0.15) is 4.98 Å². The standard InChI is InChI=1S/C17H14N2O4/c1-8(2)9-4-5-13-10(6-9)14(20)11-7-12(17(21)22-3)15(18)19-16(11)23-13/h4-7H,1H2,2-3H3,(H2,18,19). The molecule has 2 N–H and O–H groups in total. The second-order valence-corrected chi connectivity index (χ2v) is 5.19. The number of aromatic nitrogens is 1. The van der Waals surface area contributed by atoms with Crippen LogP contribution in [0.2, 0.25) is 0 Å². The van der Waals surface area contributed by atoms with E-state index in [9.17, 15) is 9.59 Å². The predicted molar refractivity (Wildman–Crippen MR) is 88.2 cm³/mol. The Labute approximate surface area is 131 Å². The van der Waals surface area contributed by atoms with Crippen molar-refractivity contribution in [3.05, 3.63) is 52.2 Å². The molecule has 1 aromatic carbocycles. The van der Waals surface area contributed by atoms with Crippen molar-refractivity contribution < 1.29 is 13.9 Å². The average Bonchev–Trinajstić information content (AvgIpc) is 2.53. The van der Waals surface area contributed by atoms with E-state index in [-0.39, 0.29) is 27.9 Å². The van der Waals surface area contributed by atoms with Gasteiger partial charge < -0.3 is 14.9 Å². The summed E-state index contributed by atoms with van der Waals surface area (Å²) in [6.07, 6.45) is 0. The van der Waals surface area contributed by atoms with Crippen LogP contribution in [0.15, 0.2) is 40.1 Å². The molecule has 0 unspecified atom stereocenters. The zero-order valence-electron chi connectivity index (χ0n) is 12.7. The molecule has 3 aromatic rings. The van der Waals surface area contributed by atoms with Crippen LogP contribution in [0.1, 0.15) is 22.8 Å². The molecular weight excluding hydrogens is 296 g/mol. The van der Waals surface area contributed by atoms with E-state index in [1.807, 2.05) is 13.0 Å². The summed E-state index contributed by atoms with van der Waals surface area (Å²) in [5.74, 6) is -0.711. The summed E-state index contributed by atoms with van der Waals surface area (Å²) in [4.78, 5) is 28.4. The van der Waals surface area contributed by atoms with Gasteiger partial charge in [-0.3, -0.25) is 4.79 Å². The van der Waals surface area contributed by atoms with Gasteiger partial charge in [0.1, 0.15) is 17.0 Å². The molecule has 0 saturated carbocycles. The Morgan fingerprint density at radius 3 is 2.70 bits per heavy atom. The number of nitrogen functional groups attached to an aromatic ring is 1. The lowest BCUT2D eigenvalue weighted by Gasteiger charge is -2.07. The summed E-state index contributed by atoms with van der Waals surface area (Å²) in [5, 5.41) is 0.561. The highest BCUT2D eigenvalue weighted by Crippen LogP contribution is 2.23. The molecule has 3 rings (SSSR count). The van der Waals surface area contributed by atoms with Gasteiger partial charge >= 0.3 is 5.97 Å². The van der Waals surface area contributed by atoms with E-state index >= 15 is 0 Å². The van der Waals surface area contributed by atoms with Crippen molar-refractivity contribution in [2.75, 3.05) is 12.8 Å². The van der Waals surface area contributed by atoms with Crippen molar-refractivity contribution in [2.45, 2.75) is 6.92 Å². The molecule has 2 heterocycles. The van der Waals surface area contributed by atoms with Gasteiger partial charge in [-0.1, -0.05) is 18.2 Å². The lowest BCUT2D eigenvalue weighted by molar-refractivity contribution is 0.0602. The molecule has 0 aliphatic rings. The van der Waals surface area contributed by atoms with Crippen molar-refractivity contribution in [1.82, 2.24) is 4.98 Å². The highest BCUT2D eigenvalue weighted by atomic mass is 16.5. The maximum atomic E-state index is 12.7. The van der Waals surface area contributed by atoms with Crippen molar-refractivity contribution >= 4 is 39.4 Å². The van der Waals surface area contributed by atoms with Gasteiger partial charge in [0.15, 0.2) is 0 Å². The Morgan fingerprint density at radius 2 is 2.04 bits per heavy atom. The summed E-state index contributed by atoms with van der Waals surface area (Å²) in [6.45, 7) is 5.71. The molecule has 116 valence electrons. The van der Waals surface area contributed by atoms with Crippen LogP contribution >= 0.6 is 0 Å². The predicted octanol–water partition coefficient (Wildman–Crippen LogP) is 2.74. The minimum absolute atomic E-state index is 0.0303. The molecule has 6 heteroatoms. The van der Waals surface area contributed by atoms with Crippen molar-refractivity contribution in [1.29, 1.82) is 0 Å². The average molecular weight is 310 g/mol. The van der Waals surface area contributed by atoms with Crippen LogP contribution in [0.5, 0.6) is 0 Å². The van der Waals surface area contributed by atoms with Gasteiger partial charge in [0.25, 0.3) is 0 Å². The van der Waals surface area contributed by atoms with E-state index in [0.29, 0.717) is 11.0 Å². The molecule has 0 atom stereocenters. The maximum absolute atomic E-state index is 12.7. The third kappa shape index (κ3) is 2.34. The van der Waals surface area contributed by atoms with Crippen LogP contribution in [0.3, 0.4) is 0 Å². The fourth-order valence-electron chi connectivity index (χ4n) is 2.33. The van der Waals surface area contributed by atoms with Gasteiger partial charge in [-0.05, 0) is 30.7 Å². The quantitative estimate of drug-likeness (QED) is 0.577. The molecule has 0 radical (unpaired) electrons. The Hall–Kier alpha value is -3.15. The number of esters is 1. The number of benzene rings is 1. The molecule has 23 heavy (non-hydrogen) atoms. The number of pyridine rings is 1. The van der Waals surface area contributed by atoms with Gasteiger partial charge in [0.2, 0.25) is 11.1 Å². The smallest absolute Gasteiger partial charge is 0.341 e. The van der Waals surface area contributed by atoms with Gasteiger partial charge in [-0.15, -0.1) is 0 Å². The number of hydrogen-bond donors (Lipinski definition) is 1. The largest absolute Gasteiger partial charge is 0.465 e. The molecule has 6 nitrogen and oxygen atoms in total. The van der Waals surface area contributed by atoms with Crippen molar-refractivity contribution in [2.24, 2.45) is 0 Å². The van der Waals surface area contributed by atoms with Gasteiger partial charge in [-0.25, -0.2) is 4.79 Å². The van der Waals surface area contributed by atoms with Gasteiger partial charge in [0, 0.05) is 0 Å². The van der Waals surface area contributed by atoms with E-state index in [1.165, 1.54) is 13.2 Å². The topological polar surface area (TPSA) is 95.4 Å². The third-order valence-electron chi connectivity index (χ3n) is 3.59. The number of methoxy groups -OCH3 is 1. The molecule has 0 saturated heterocycles. The number of allylic oxidation sites excluding steroid dienone is 1.